The summed E-state index contributed by atoms with van der Waals surface area (Å²) in [6.45, 7) is 1.74. The van der Waals surface area contributed by atoms with Crippen LogP contribution in [0, 0.1) is 0 Å². The van der Waals surface area contributed by atoms with Crippen LogP contribution in [0.3, 0.4) is 0 Å². The quantitative estimate of drug-likeness (QED) is 0.381. The first kappa shape index (κ1) is 28.6. The zero-order valence-corrected chi connectivity index (χ0v) is 23.5. The Balaban J connectivity index is 1.65. The maximum atomic E-state index is 13.8. The minimum atomic E-state index is -4.08. The number of rotatable bonds is 10. The van der Waals surface area contributed by atoms with Crippen molar-refractivity contribution < 1.29 is 22.8 Å². The van der Waals surface area contributed by atoms with Crippen LogP contribution in [0.4, 0.5) is 0 Å². The van der Waals surface area contributed by atoms with Gasteiger partial charge in [0.05, 0.1) is 5.56 Å². The second-order valence-electron chi connectivity index (χ2n) is 8.99. The van der Waals surface area contributed by atoms with Gasteiger partial charge in [-0.25, -0.2) is 12.7 Å². The zero-order valence-electron chi connectivity index (χ0n) is 21.1. The molecule has 0 saturated heterocycles. The highest BCUT2D eigenvalue weighted by Gasteiger charge is 2.41. The van der Waals surface area contributed by atoms with Crippen LogP contribution in [-0.4, -0.2) is 54.5 Å². The standard InChI is InChI=1S/C28H27Cl2N3O5S/c1-2-31-27(35)24(16-19-8-4-3-5-9-19)32(18-20-12-13-21(29)17-23(20)30)26(34)14-15-33-28(36)22-10-6-7-11-25(22)39(33,37)38/h3-13,17,24H,2,14-16,18H2,1H3,(H,31,35)/t24-/m0/s1. The molecule has 3 amide bonds. The molecule has 0 unspecified atom stereocenters. The lowest BCUT2D eigenvalue weighted by Crippen LogP contribution is -2.51. The average molecular weight is 589 g/mol. The summed E-state index contributed by atoms with van der Waals surface area (Å²) in [7, 11) is -4.08. The Morgan fingerprint density at radius 1 is 1.00 bits per heavy atom. The summed E-state index contributed by atoms with van der Waals surface area (Å²) < 4.78 is 26.7. The number of fused-ring (bicyclic) bond motifs is 1. The van der Waals surface area contributed by atoms with E-state index < -0.39 is 27.9 Å². The Bertz CT molecular complexity index is 1500. The van der Waals surface area contributed by atoms with Crippen LogP contribution >= 0.6 is 23.2 Å². The van der Waals surface area contributed by atoms with Gasteiger partial charge in [0.2, 0.25) is 11.8 Å². The summed E-state index contributed by atoms with van der Waals surface area (Å²) in [5.74, 6) is -1.56. The van der Waals surface area contributed by atoms with Crippen molar-refractivity contribution in [2.24, 2.45) is 0 Å². The summed E-state index contributed by atoms with van der Waals surface area (Å²) in [6.07, 6.45) is -0.106. The molecular formula is C28H27Cl2N3O5S. The van der Waals surface area contributed by atoms with E-state index in [1.54, 1.807) is 31.2 Å². The van der Waals surface area contributed by atoms with E-state index in [0.717, 1.165) is 5.56 Å². The van der Waals surface area contributed by atoms with Crippen molar-refractivity contribution in [2.45, 2.75) is 37.2 Å². The Kier molecular flexibility index (Phi) is 8.94. The van der Waals surface area contributed by atoms with Crippen molar-refractivity contribution in [3.05, 3.63) is 99.5 Å². The first-order valence-corrected chi connectivity index (χ1v) is 14.5. The zero-order chi connectivity index (χ0) is 28.2. The van der Waals surface area contributed by atoms with Gasteiger partial charge in [-0.1, -0.05) is 71.7 Å². The van der Waals surface area contributed by atoms with Crippen molar-refractivity contribution in [3.8, 4) is 0 Å². The van der Waals surface area contributed by atoms with Gasteiger partial charge in [0, 0.05) is 42.5 Å². The number of likely N-dealkylation sites (N-methyl/N-ethyl adjacent to an activating group) is 1. The molecule has 1 aliphatic rings. The van der Waals surface area contributed by atoms with Crippen LogP contribution in [0.25, 0.3) is 0 Å². The van der Waals surface area contributed by atoms with Gasteiger partial charge in [0.15, 0.2) is 0 Å². The molecule has 0 aliphatic carbocycles. The van der Waals surface area contributed by atoms with Crippen LogP contribution in [0.1, 0.15) is 34.8 Å². The van der Waals surface area contributed by atoms with Crippen LogP contribution in [0.5, 0.6) is 0 Å². The molecule has 0 spiro atoms. The van der Waals surface area contributed by atoms with Crippen molar-refractivity contribution in [1.29, 1.82) is 0 Å². The van der Waals surface area contributed by atoms with E-state index in [4.69, 9.17) is 23.2 Å². The van der Waals surface area contributed by atoms with Gasteiger partial charge in [-0.15, -0.1) is 0 Å². The first-order chi connectivity index (χ1) is 18.6. The lowest BCUT2D eigenvalue weighted by Gasteiger charge is -2.32. The second-order valence-corrected chi connectivity index (χ2v) is 11.7. The molecule has 1 heterocycles. The molecule has 1 N–H and O–H groups in total. The Hall–Kier alpha value is -3.40. The highest BCUT2D eigenvalue weighted by Crippen LogP contribution is 2.30. The maximum absolute atomic E-state index is 13.8. The van der Waals surface area contributed by atoms with E-state index in [2.05, 4.69) is 5.32 Å². The molecule has 0 aromatic heterocycles. The number of carbonyl (C=O) groups is 3. The number of hydrogen-bond donors (Lipinski definition) is 1. The van der Waals surface area contributed by atoms with Crippen molar-refractivity contribution in [3.63, 3.8) is 0 Å². The molecular weight excluding hydrogens is 561 g/mol. The van der Waals surface area contributed by atoms with E-state index in [-0.39, 0.29) is 42.3 Å². The number of halogens is 2. The number of nitrogens with one attached hydrogen (secondary N) is 1. The molecule has 0 fully saturated rings. The summed E-state index contributed by atoms with van der Waals surface area (Å²) >= 11 is 12.5. The third-order valence-electron chi connectivity index (χ3n) is 6.42. The van der Waals surface area contributed by atoms with Crippen LogP contribution in [-0.2, 0) is 32.6 Å². The van der Waals surface area contributed by atoms with Gasteiger partial charge in [-0.3, -0.25) is 14.4 Å². The highest BCUT2D eigenvalue weighted by atomic mass is 35.5. The molecule has 0 radical (unpaired) electrons. The molecule has 1 atom stereocenters. The predicted octanol–water partition coefficient (Wildman–Crippen LogP) is 4.30. The third-order valence-corrected chi connectivity index (χ3v) is 8.85. The number of carbonyl (C=O) groups excluding carboxylic acids is 3. The maximum Gasteiger partial charge on any atom is 0.269 e. The summed E-state index contributed by atoms with van der Waals surface area (Å²) in [6, 6.07) is 19.1. The molecule has 204 valence electrons. The topological polar surface area (TPSA) is 104 Å². The molecule has 4 rings (SSSR count). The lowest BCUT2D eigenvalue weighted by atomic mass is 10.0. The molecule has 3 aromatic rings. The van der Waals surface area contributed by atoms with Gasteiger partial charge >= 0.3 is 0 Å². The van der Waals surface area contributed by atoms with Gasteiger partial charge in [0.25, 0.3) is 15.9 Å². The number of sulfonamides is 1. The number of hydrogen-bond acceptors (Lipinski definition) is 5. The molecule has 8 nitrogen and oxygen atoms in total. The summed E-state index contributed by atoms with van der Waals surface area (Å²) in [4.78, 5) is 41.2. The fourth-order valence-corrected chi connectivity index (χ4v) is 6.51. The van der Waals surface area contributed by atoms with Crippen LogP contribution in [0.2, 0.25) is 10.0 Å². The predicted molar refractivity (Wildman–Crippen MR) is 149 cm³/mol. The fourth-order valence-electron chi connectivity index (χ4n) is 4.47. The number of nitrogens with zero attached hydrogens (tertiary/aromatic N) is 2. The normalized spacial score (nSPS) is 14.5. The van der Waals surface area contributed by atoms with E-state index in [1.165, 1.54) is 23.1 Å². The Labute approximate surface area is 237 Å². The average Bonchev–Trinajstić information content (AvgIpc) is 3.11. The monoisotopic (exact) mass is 587 g/mol. The summed E-state index contributed by atoms with van der Waals surface area (Å²) in [5.41, 5.74) is 1.47. The lowest BCUT2D eigenvalue weighted by molar-refractivity contribution is -0.141. The first-order valence-electron chi connectivity index (χ1n) is 12.3. The minimum Gasteiger partial charge on any atom is -0.355 e. The van der Waals surface area contributed by atoms with E-state index in [9.17, 15) is 22.8 Å². The van der Waals surface area contributed by atoms with E-state index >= 15 is 0 Å². The Morgan fingerprint density at radius 2 is 1.69 bits per heavy atom. The molecule has 39 heavy (non-hydrogen) atoms. The smallest absolute Gasteiger partial charge is 0.269 e. The highest BCUT2D eigenvalue weighted by molar-refractivity contribution is 7.90. The molecule has 3 aromatic carbocycles. The third kappa shape index (κ3) is 6.27. The van der Waals surface area contributed by atoms with E-state index in [0.29, 0.717) is 26.5 Å². The van der Waals surface area contributed by atoms with Gasteiger partial charge in [0.1, 0.15) is 10.9 Å². The van der Waals surface area contributed by atoms with Crippen molar-refractivity contribution >= 4 is 50.9 Å². The van der Waals surface area contributed by atoms with Gasteiger partial charge < -0.3 is 10.2 Å². The molecule has 11 heteroatoms. The fraction of sp³-hybridized carbons (Fsp3) is 0.250. The summed E-state index contributed by atoms with van der Waals surface area (Å²) in [5, 5.41) is 3.53. The second kappa shape index (κ2) is 12.2. The molecule has 1 aliphatic heterocycles. The minimum absolute atomic E-state index is 0.0234. The van der Waals surface area contributed by atoms with Gasteiger partial charge in [-0.05, 0) is 42.3 Å². The SMILES string of the molecule is CCNC(=O)[C@H](Cc1ccccc1)N(Cc1ccc(Cl)cc1Cl)C(=O)CCN1C(=O)c2ccccc2S1(=O)=O. The van der Waals surface area contributed by atoms with Crippen LogP contribution in [0.15, 0.2) is 77.7 Å². The molecule has 0 saturated carbocycles. The van der Waals surface area contributed by atoms with Crippen molar-refractivity contribution in [2.75, 3.05) is 13.1 Å². The van der Waals surface area contributed by atoms with E-state index in [1.807, 2.05) is 30.3 Å². The number of amides is 3. The number of benzene rings is 3. The Morgan fingerprint density at radius 3 is 2.36 bits per heavy atom. The van der Waals surface area contributed by atoms with Crippen molar-refractivity contribution in [1.82, 2.24) is 14.5 Å². The molecule has 0 bridgehead atoms. The van der Waals surface area contributed by atoms with Crippen LogP contribution < -0.4 is 5.32 Å². The van der Waals surface area contributed by atoms with Gasteiger partial charge in [-0.2, -0.15) is 0 Å². The largest absolute Gasteiger partial charge is 0.355 e.